The average molecular weight is 806 g/mol. The smallest absolute Gasteiger partial charge is 0.164 e. The fourth-order valence-electron chi connectivity index (χ4n) is 9.27. The lowest BCUT2D eigenvalue weighted by Gasteiger charge is -2.38. The summed E-state index contributed by atoms with van der Waals surface area (Å²) in [5.41, 5.74) is 11.7. The van der Waals surface area contributed by atoms with Gasteiger partial charge in [0.25, 0.3) is 0 Å². The molecule has 2 aliphatic rings. The first-order chi connectivity index (χ1) is 30.0. The fourth-order valence-corrected chi connectivity index (χ4v) is 11.3. The van der Waals surface area contributed by atoms with Gasteiger partial charge in [0.05, 0.1) is 11.4 Å². The van der Waals surface area contributed by atoms with Crippen LogP contribution < -0.4 is 0 Å². The number of fused-ring (bicyclic) bond motifs is 3. The van der Waals surface area contributed by atoms with Crippen LogP contribution in [-0.4, -0.2) is 35.4 Å². The van der Waals surface area contributed by atoms with E-state index < -0.39 is 0 Å². The summed E-state index contributed by atoms with van der Waals surface area (Å²) in [6, 6.07) is 63.7. The van der Waals surface area contributed by atoms with Crippen LogP contribution >= 0.6 is 11.8 Å². The molecule has 2 unspecified atom stereocenters. The summed E-state index contributed by atoms with van der Waals surface area (Å²) in [7, 11) is 0. The fraction of sp³-hybridized carbons (Fsp3) is 0.145. The van der Waals surface area contributed by atoms with Crippen molar-refractivity contribution in [2.75, 3.05) is 0 Å². The van der Waals surface area contributed by atoms with Crippen LogP contribution in [0.15, 0.2) is 182 Å². The largest absolute Gasteiger partial charge is 0.228 e. The Hall–Kier alpha value is -6.76. The Kier molecular flexibility index (Phi) is 9.58. The molecule has 0 radical (unpaired) electrons. The van der Waals surface area contributed by atoms with Crippen molar-refractivity contribution in [2.24, 2.45) is 0 Å². The van der Waals surface area contributed by atoms with Gasteiger partial charge in [0, 0.05) is 43.9 Å². The molecule has 9 aromatic rings. The minimum atomic E-state index is 0.221. The molecule has 2 aromatic heterocycles. The summed E-state index contributed by atoms with van der Waals surface area (Å²) in [6.07, 6.45) is 5.24. The van der Waals surface area contributed by atoms with Crippen molar-refractivity contribution >= 4 is 22.5 Å². The minimum Gasteiger partial charge on any atom is -0.228 e. The molecule has 294 valence electrons. The van der Waals surface area contributed by atoms with E-state index in [1.807, 2.05) is 54.6 Å². The highest BCUT2D eigenvalue weighted by Gasteiger charge is 2.42. The Morgan fingerprint density at radius 2 is 0.803 bits per heavy atom. The number of hydrogen-bond acceptors (Lipinski definition) is 6. The van der Waals surface area contributed by atoms with E-state index in [0.29, 0.717) is 23.3 Å². The van der Waals surface area contributed by atoms with Gasteiger partial charge in [-0.25, -0.2) is 24.9 Å². The van der Waals surface area contributed by atoms with Crippen LogP contribution in [0.4, 0.5) is 0 Å². The summed E-state index contributed by atoms with van der Waals surface area (Å²) in [5, 5.41) is 3.85. The standard InChI is InChI=1S/C55H43N5S/c1-55(34-47-28-29-48(35-55)61-47)46-26-24-39(25-27-46)53-58-52(38-16-9-4-10-17-38)59-54(60-53)45-23-22-42-30-41(20-21-43(42)32-45)40-18-11-19-44(31-40)50-33-49(36-12-5-2-6-13-36)56-51(57-50)37-14-7-3-8-15-37/h2-27,30-33,47-48H,28-29,34-35H2,1H3/t47-,48?,55?/m1/s1. The summed E-state index contributed by atoms with van der Waals surface area (Å²) < 4.78 is 0. The Morgan fingerprint density at radius 3 is 1.41 bits per heavy atom. The second-order valence-corrected chi connectivity index (χ2v) is 18.3. The van der Waals surface area contributed by atoms with Crippen LogP contribution in [0, 0.1) is 0 Å². The van der Waals surface area contributed by atoms with Crippen molar-refractivity contribution in [1.29, 1.82) is 0 Å². The Morgan fingerprint density at radius 1 is 0.377 bits per heavy atom. The maximum atomic E-state index is 5.12. The van der Waals surface area contributed by atoms with Gasteiger partial charge in [-0.05, 0) is 82.8 Å². The van der Waals surface area contributed by atoms with Crippen molar-refractivity contribution < 1.29 is 0 Å². The van der Waals surface area contributed by atoms with Crippen molar-refractivity contribution in [2.45, 2.75) is 48.5 Å². The molecule has 7 aromatic carbocycles. The van der Waals surface area contributed by atoms with Crippen molar-refractivity contribution in [3.05, 3.63) is 188 Å². The monoisotopic (exact) mass is 805 g/mol. The molecule has 0 aliphatic carbocycles. The normalized spacial score (nSPS) is 18.3. The molecule has 2 aliphatic heterocycles. The SMILES string of the molecule is CC1(c2ccc(-c3nc(-c4ccccc4)nc(-c4ccc5cc(-c6cccc(-c7cc(-c8ccccc8)nc(-c8ccccc8)n7)c6)ccc5c4)n3)cc2)CC2CC[C@H](C1)S2. The molecule has 0 saturated carbocycles. The van der Waals surface area contributed by atoms with Crippen LogP contribution in [0.5, 0.6) is 0 Å². The van der Waals surface area contributed by atoms with Gasteiger partial charge >= 0.3 is 0 Å². The number of thioether (sulfide) groups is 1. The van der Waals surface area contributed by atoms with Crippen molar-refractivity contribution in [3.63, 3.8) is 0 Å². The third-order valence-corrected chi connectivity index (χ3v) is 14.1. The summed E-state index contributed by atoms with van der Waals surface area (Å²) in [4.78, 5) is 25.3. The molecule has 11 rings (SSSR count). The molecular formula is C55H43N5S. The molecule has 2 saturated heterocycles. The van der Waals surface area contributed by atoms with Gasteiger partial charge in [-0.2, -0.15) is 11.8 Å². The molecule has 0 amide bonds. The predicted octanol–water partition coefficient (Wildman–Crippen LogP) is 13.8. The van der Waals surface area contributed by atoms with Gasteiger partial charge in [-0.15, -0.1) is 0 Å². The molecule has 0 N–H and O–H groups in total. The lowest BCUT2D eigenvalue weighted by molar-refractivity contribution is 0.404. The molecule has 6 heteroatoms. The van der Waals surface area contributed by atoms with Gasteiger partial charge in [0.15, 0.2) is 23.3 Å². The number of aromatic nitrogens is 5. The van der Waals surface area contributed by atoms with Gasteiger partial charge < -0.3 is 0 Å². The van der Waals surface area contributed by atoms with Gasteiger partial charge in [-0.1, -0.05) is 165 Å². The molecule has 2 bridgehead atoms. The molecule has 4 heterocycles. The number of hydrogen-bond donors (Lipinski definition) is 0. The second kappa shape index (κ2) is 15.7. The average Bonchev–Trinajstić information content (AvgIpc) is 3.69. The molecule has 2 fully saturated rings. The summed E-state index contributed by atoms with van der Waals surface area (Å²) >= 11 is 2.22. The third kappa shape index (κ3) is 7.53. The maximum Gasteiger partial charge on any atom is 0.164 e. The molecule has 61 heavy (non-hydrogen) atoms. The Balaban J connectivity index is 0.920. The van der Waals surface area contributed by atoms with E-state index in [1.165, 1.54) is 31.2 Å². The Bertz CT molecular complexity index is 2960. The highest BCUT2D eigenvalue weighted by Crippen LogP contribution is 2.52. The topological polar surface area (TPSA) is 64.5 Å². The maximum absolute atomic E-state index is 5.12. The minimum absolute atomic E-state index is 0.221. The summed E-state index contributed by atoms with van der Waals surface area (Å²) in [5.74, 6) is 2.72. The first kappa shape index (κ1) is 37.3. The van der Waals surface area contributed by atoms with Gasteiger partial charge in [0.1, 0.15) is 0 Å². The lowest BCUT2D eigenvalue weighted by atomic mass is 9.75. The quantitative estimate of drug-likeness (QED) is 0.152. The van der Waals surface area contributed by atoms with Crippen LogP contribution in [0.25, 0.3) is 90.0 Å². The molecule has 3 atom stereocenters. The van der Waals surface area contributed by atoms with E-state index in [2.05, 4.69) is 146 Å². The number of nitrogens with zero attached hydrogens (tertiary/aromatic N) is 5. The van der Waals surface area contributed by atoms with Crippen LogP contribution in [0.2, 0.25) is 0 Å². The zero-order chi connectivity index (χ0) is 40.8. The first-order valence-electron chi connectivity index (χ1n) is 21.2. The van der Waals surface area contributed by atoms with Crippen LogP contribution in [0.1, 0.15) is 38.2 Å². The van der Waals surface area contributed by atoms with Crippen molar-refractivity contribution in [3.8, 4) is 79.2 Å². The predicted molar refractivity (Wildman–Crippen MR) is 252 cm³/mol. The number of rotatable bonds is 8. The van der Waals surface area contributed by atoms with Gasteiger partial charge in [-0.3, -0.25) is 0 Å². The van der Waals surface area contributed by atoms with E-state index >= 15 is 0 Å². The van der Waals surface area contributed by atoms with E-state index in [-0.39, 0.29) is 5.41 Å². The zero-order valence-corrected chi connectivity index (χ0v) is 34.8. The second-order valence-electron chi connectivity index (χ2n) is 16.7. The first-order valence-corrected chi connectivity index (χ1v) is 22.2. The van der Waals surface area contributed by atoms with Crippen molar-refractivity contribution in [1.82, 2.24) is 24.9 Å². The summed E-state index contributed by atoms with van der Waals surface area (Å²) in [6.45, 7) is 2.46. The number of benzene rings is 7. The van der Waals surface area contributed by atoms with E-state index in [0.717, 1.165) is 77.2 Å². The molecule has 5 nitrogen and oxygen atoms in total. The van der Waals surface area contributed by atoms with Crippen LogP contribution in [0.3, 0.4) is 0 Å². The molecular weight excluding hydrogens is 763 g/mol. The zero-order valence-electron chi connectivity index (χ0n) is 33.9. The van der Waals surface area contributed by atoms with Crippen LogP contribution in [-0.2, 0) is 5.41 Å². The van der Waals surface area contributed by atoms with E-state index in [1.54, 1.807) is 0 Å². The van der Waals surface area contributed by atoms with E-state index in [9.17, 15) is 0 Å². The molecule has 0 spiro atoms. The van der Waals surface area contributed by atoms with E-state index in [4.69, 9.17) is 24.9 Å². The highest BCUT2D eigenvalue weighted by molar-refractivity contribution is 8.00. The third-order valence-electron chi connectivity index (χ3n) is 12.5. The van der Waals surface area contributed by atoms with Gasteiger partial charge in [0.2, 0.25) is 0 Å². The Labute approximate surface area is 361 Å². The lowest BCUT2D eigenvalue weighted by Crippen LogP contribution is -2.31. The highest BCUT2D eigenvalue weighted by atomic mass is 32.2.